The maximum absolute atomic E-state index is 5.82. The van der Waals surface area contributed by atoms with E-state index in [1.807, 2.05) is 12.1 Å². The molecule has 0 saturated carbocycles. The maximum Gasteiger partial charge on any atom is 0.0406 e. The van der Waals surface area contributed by atoms with Crippen LogP contribution in [0.15, 0.2) is 24.3 Å². The van der Waals surface area contributed by atoms with E-state index in [1.54, 1.807) is 0 Å². The van der Waals surface area contributed by atoms with Crippen LogP contribution in [0.5, 0.6) is 0 Å². The highest BCUT2D eigenvalue weighted by atomic mass is 35.5. The Balaban J connectivity index is 2.53. The van der Waals surface area contributed by atoms with Gasteiger partial charge in [-0.25, -0.2) is 0 Å². The molecule has 1 atom stereocenters. The Hall–Kier alpha value is -0.530. The number of nitrogens with two attached hydrogens (primary N) is 1. The number of rotatable bonds is 5. The average molecular weight is 212 g/mol. The molecule has 0 amide bonds. The Morgan fingerprint density at radius 2 is 1.93 bits per heavy atom. The van der Waals surface area contributed by atoms with Crippen LogP contribution >= 0.6 is 11.6 Å². The molecule has 0 aliphatic carbocycles. The third-order valence-corrected chi connectivity index (χ3v) is 2.72. The van der Waals surface area contributed by atoms with E-state index in [9.17, 15) is 0 Å². The zero-order valence-corrected chi connectivity index (χ0v) is 9.43. The minimum Gasteiger partial charge on any atom is -0.330 e. The second-order valence-electron chi connectivity index (χ2n) is 3.72. The van der Waals surface area contributed by atoms with Crippen molar-refractivity contribution in [1.29, 1.82) is 0 Å². The summed E-state index contributed by atoms with van der Waals surface area (Å²) in [5, 5.41) is 0.800. The summed E-state index contributed by atoms with van der Waals surface area (Å²) in [5.41, 5.74) is 7.04. The molecule has 0 radical (unpaired) electrons. The topological polar surface area (TPSA) is 26.0 Å². The van der Waals surface area contributed by atoms with Crippen molar-refractivity contribution in [2.24, 2.45) is 11.7 Å². The lowest BCUT2D eigenvalue weighted by Gasteiger charge is -2.13. The van der Waals surface area contributed by atoms with E-state index in [2.05, 4.69) is 19.1 Å². The largest absolute Gasteiger partial charge is 0.330 e. The van der Waals surface area contributed by atoms with Gasteiger partial charge in [-0.2, -0.15) is 0 Å². The van der Waals surface area contributed by atoms with Gasteiger partial charge in [0.2, 0.25) is 0 Å². The highest BCUT2D eigenvalue weighted by Crippen LogP contribution is 2.15. The zero-order chi connectivity index (χ0) is 10.4. The monoisotopic (exact) mass is 211 g/mol. The van der Waals surface area contributed by atoms with E-state index in [1.165, 1.54) is 18.4 Å². The predicted octanol–water partition coefficient (Wildman–Crippen LogP) is 3.26. The molecule has 0 aliphatic rings. The molecule has 14 heavy (non-hydrogen) atoms. The van der Waals surface area contributed by atoms with E-state index in [0.29, 0.717) is 5.92 Å². The van der Waals surface area contributed by atoms with E-state index < -0.39 is 0 Å². The zero-order valence-electron chi connectivity index (χ0n) is 8.67. The minimum atomic E-state index is 0.612. The molecule has 0 heterocycles. The lowest BCUT2D eigenvalue weighted by Crippen LogP contribution is -2.16. The molecule has 0 spiro atoms. The lowest BCUT2D eigenvalue weighted by molar-refractivity contribution is 0.487. The van der Waals surface area contributed by atoms with Gasteiger partial charge >= 0.3 is 0 Å². The average Bonchev–Trinajstić information content (AvgIpc) is 2.20. The molecule has 78 valence electrons. The molecule has 0 aliphatic heterocycles. The summed E-state index contributed by atoms with van der Waals surface area (Å²) < 4.78 is 0. The van der Waals surface area contributed by atoms with Crippen molar-refractivity contribution in [2.45, 2.75) is 26.2 Å². The number of hydrogen-bond acceptors (Lipinski definition) is 1. The van der Waals surface area contributed by atoms with Crippen molar-refractivity contribution >= 4 is 11.6 Å². The molecule has 0 bridgehead atoms. The summed E-state index contributed by atoms with van der Waals surface area (Å²) >= 11 is 5.82. The van der Waals surface area contributed by atoms with Gasteiger partial charge in [0.15, 0.2) is 0 Å². The van der Waals surface area contributed by atoms with E-state index in [-0.39, 0.29) is 0 Å². The van der Waals surface area contributed by atoms with Crippen LogP contribution in [0, 0.1) is 5.92 Å². The van der Waals surface area contributed by atoms with E-state index in [0.717, 1.165) is 18.0 Å². The van der Waals surface area contributed by atoms with E-state index >= 15 is 0 Å². The molecule has 1 unspecified atom stereocenters. The van der Waals surface area contributed by atoms with Crippen molar-refractivity contribution in [3.8, 4) is 0 Å². The highest BCUT2D eigenvalue weighted by molar-refractivity contribution is 6.30. The Morgan fingerprint density at radius 3 is 2.43 bits per heavy atom. The number of halogens is 1. The minimum absolute atomic E-state index is 0.612. The third kappa shape index (κ3) is 3.69. The van der Waals surface area contributed by atoms with Gasteiger partial charge in [-0.05, 0) is 43.0 Å². The summed E-state index contributed by atoms with van der Waals surface area (Å²) in [4.78, 5) is 0. The van der Waals surface area contributed by atoms with Crippen molar-refractivity contribution in [1.82, 2.24) is 0 Å². The summed E-state index contributed by atoms with van der Waals surface area (Å²) in [6, 6.07) is 8.05. The molecule has 0 fully saturated rings. The summed E-state index contributed by atoms with van der Waals surface area (Å²) in [6.07, 6.45) is 3.48. The molecule has 0 aromatic heterocycles. The first-order valence-electron chi connectivity index (χ1n) is 5.20. The Kier molecular flexibility index (Phi) is 4.99. The van der Waals surface area contributed by atoms with Gasteiger partial charge < -0.3 is 5.73 Å². The molecular formula is C12H18ClN. The summed E-state index contributed by atoms with van der Waals surface area (Å²) in [7, 11) is 0. The van der Waals surface area contributed by atoms with E-state index in [4.69, 9.17) is 17.3 Å². The van der Waals surface area contributed by atoms with Crippen LogP contribution in [0.25, 0.3) is 0 Å². The standard InChI is InChI=1S/C12H18ClN/c1-2-3-11(9-14)8-10-4-6-12(13)7-5-10/h4-7,11H,2-3,8-9,14H2,1H3. The number of benzene rings is 1. The summed E-state index contributed by atoms with van der Waals surface area (Å²) in [6.45, 7) is 2.97. The first-order valence-corrected chi connectivity index (χ1v) is 5.58. The Morgan fingerprint density at radius 1 is 1.29 bits per heavy atom. The van der Waals surface area contributed by atoms with Crippen LogP contribution in [0.2, 0.25) is 5.02 Å². The van der Waals surface area contributed by atoms with Gasteiger partial charge in [0.25, 0.3) is 0 Å². The van der Waals surface area contributed by atoms with Gasteiger partial charge in [-0.15, -0.1) is 0 Å². The number of hydrogen-bond donors (Lipinski definition) is 1. The smallest absolute Gasteiger partial charge is 0.0406 e. The molecule has 1 nitrogen and oxygen atoms in total. The van der Waals surface area contributed by atoms with Gasteiger partial charge in [-0.1, -0.05) is 37.1 Å². The van der Waals surface area contributed by atoms with Crippen LogP contribution in [0.3, 0.4) is 0 Å². The molecule has 2 heteroatoms. The Labute approximate surface area is 91.3 Å². The lowest BCUT2D eigenvalue weighted by atomic mass is 9.95. The normalized spacial score (nSPS) is 12.8. The highest BCUT2D eigenvalue weighted by Gasteiger charge is 2.06. The molecule has 2 N–H and O–H groups in total. The summed E-state index contributed by atoms with van der Waals surface area (Å²) in [5.74, 6) is 0.612. The first kappa shape index (κ1) is 11.5. The fourth-order valence-corrected chi connectivity index (χ4v) is 1.79. The Bertz CT molecular complexity index is 256. The maximum atomic E-state index is 5.82. The van der Waals surface area contributed by atoms with Crippen LogP contribution in [-0.2, 0) is 6.42 Å². The fraction of sp³-hybridized carbons (Fsp3) is 0.500. The van der Waals surface area contributed by atoms with Gasteiger partial charge in [0.05, 0.1) is 0 Å². The first-order chi connectivity index (χ1) is 6.76. The van der Waals surface area contributed by atoms with Gasteiger partial charge in [0, 0.05) is 5.02 Å². The van der Waals surface area contributed by atoms with Crippen LogP contribution in [0.4, 0.5) is 0 Å². The fourth-order valence-electron chi connectivity index (χ4n) is 1.67. The quantitative estimate of drug-likeness (QED) is 0.795. The van der Waals surface area contributed by atoms with Crippen LogP contribution < -0.4 is 5.73 Å². The van der Waals surface area contributed by atoms with Gasteiger partial charge in [-0.3, -0.25) is 0 Å². The molecule has 1 aromatic rings. The second-order valence-corrected chi connectivity index (χ2v) is 4.16. The van der Waals surface area contributed by atoms with Crippen molar-refractivity contribution in [2.75, 3.05) is 6.54 Å². The SMILES string of the molecule is CCCC(CN)Cc1ccc(Cl)cc1. The molecule has 1 rings (SSSR count). The predicted molar refractivity (Wildman–Crippen MR) is 62.6 cm³/mol. The molecule has 0 saturated heterocycles. The third-order valence-electron chi connectivity index (χ3n) is 2.47. The van der Waals surface area contributed by atoms with Crippen LogP contribution in [0.1, 0.15) is 25.3 Å². The van der Waals surface area contributed by atoms with Gasteiger partial charge in [0.1, 0.15) is 0 Å². The second kappa shape index (κ2) is 6.05. The van der Waals surface area contributed by atoms with Crippen molar-refractivity contribution < 1.29 is 0 Å². The van der Waals surface area contributed by atoms with Crippen molar-refractivity contribution in [3.63, 3.8) is 0 Å². The molecular weight excluding hydrogens is 194 g/mol. The van der Waals surface area contributed by atoms with Crippen LogP contribution in [-0.4, -0.2) is 6.54 Å². The molecule has 1 aromatic carbocycles. The van der Waals surface area contributed by atoms with Crippen molar-refractivity contribution in [3.05, 3.63) is 34.9 Å².